The number of halogens is 1. The molecule has 0 radical (unpaired) electrons. The molecule has 0 atom stereocenters. The van der Waals surface area contributed by atoms with E-state index in [9.17, 15) is 0 Å². The average molecular weight is 361 g/mol. The van der Waals surface area contributed by atoms with E-state index in [4.69, 9.17) is 11.6 Å². The van der Waals surface area contributed by atoms with Crippen molar-refractivity contribution < 1.29 is 0 Å². The van der Waals surface area contributed by atoms with E-state index in [-0.39, 0.29) is 0 Å². The third-order valence-electron chi connectivity index (χ3n) is 5.19. The summed E-state index contributed by atoms with van der Waals surface area (Å²) < 4.78 is 0. The summed E-state index contributed by atoms with van der Waals surface area (Å²) in [4.78, 5) is 6.87. The summed E-state index contributed by atoms with van der Waals surface area (Å²) in [5.74, 6) is 1.65. The van der Waals surface area contributed by atoms with Crippen molar-refractivity contribution in [2.45, 2.75) is 38.3 Å². The van der Waals surface area contributed by atoms with E-state index in [1.165, 1.54) is 18.4 Å². The highest BCUT2D eigenvalue weighted by molar-refractivity contribution is 6.31. The van der Waals surface area contributed by atoms with E-state index in [0.717, 1.165) is 50.0 Å². The van der Waals surface area contributed by atoms with Crippen LogP contribution in [0.1, 0.15) is 31.2 Å². The average Bonchev–Trinajstić information content (AvgIpc) is 3.15. The Kier molecular flexibility index (Phi) is 6.76. The van der Waals surface area contributed by atoms with Crippen LogP contribution in [0.15, 0.2) is 41.4 Å². The van der Waals surface area contributed by atoms with Gasteiger partial charge in [0.2, 0.25) is 0 Å². The summed E-state index contributed by atoms with van der Waals surface area (Å²) in [7, 11) is 1.85. The zero-order valence-corrected chi connectivity index (χ0v) is 15.8. The summed E-state index contributed by atoms with van der Waals surface area (Å²) >= 11 is 6.28. The van der Waals surface area contributed by atoms with Crippen LogP contribution >= 0.6 is 11.6 Å². The van der Waals surface area contributed by atoms with E-state index in [1.54, 1.807) is 0 Å². The Labute approximate surface area is 156 Å². The molecule has 2 N–H and O–H groups in total. The van der Waals surface area contributed by atoms with Crippen LogP contribution in [0.2, 0.25) is 5.02 Å². The molecule has 3 rings (SSSR count). The predicted molar refractivity (Wildman–Crippen MR) is 106 cm³/mol. The van der Waals surface area contributed by atoms with Gasteiger partial charge >= 0.3 is 0 Å². The molecule has 0 spiro atoms. The third kappa shape index (κ3) is 5.48. The summed E-state index contributed by atoms with van der Waals surface area (Å²) in [6, 6.07) is 8.67. The number of guanidine groups is 1. The maximum atomic E-state index is 6.28. The molecule has 1 heterocycles. The van der Waals surface area contributed by atoms with E-state index in [2.05, 4.69) is 44.8 Å². The molecule has 0 unspecified atom stereocenters. The van der Waals surface area contributed by atoms with Gasteiger partial charge in [0.1, 0.15) is 0 Å². The van der Waals surface area contributed by atoms with Crippen molar-refractivity contribution >= 4 is 17.6 Å². The number of aliphatic imine (C=N–C) groups is 1. The fourth-order valence-corrected chi connectivity index (χ4v) is 3.78. The van der Waals surface area contributed by atoms with Crippen molar-refractivity contribution in [1.29, 1.82) is 0 Å². The van der Waals surface area contributed by atoms with Gasteiger partial charge in [-0.15, -0.1) is 0 Å². The Morgan fingerprint density at radius 1 is 1.20 bits per heavy atom. The Morgan fingerprint density at radius 3 is 2.60 bits per heavy atom. The Hall–Kier alpha value is -1.52. The third-order valence-corrected chi connectivity index (χ3v) is 5.56. The molecule has 5 heteroatoms. The van der Waals surface area contributed by atoms with Gasteiger partial charge in [-0.05, 0) is 56.3 Å². The van der Waals surface area contributed by atoms with Crippen molar-refractivity contribution in [3.05, 3.63) is 47.0 Å². The lowest BCUT2D eigenvalue weighted by atomic mass is 9.96. The minimum Gasteiger partial charge on any atom is -0.356 e. The van der Waals surface area contributed by atoms with Crippen LogP contribution in [0, 0.1) is 5.92 Å². The molecule has 0 bridgehead atoms. The van der Waals surface area contributed by atoms with Gasteiger partial charge in [-0.3, -0.25) is 9.89 Å². The maximum Gasteiger partial charge on any atom is 0.191 e. The molecule has 0 saturated carbocycles. The zero-order valence-electron chi connectivity index (χ0n) is 15.0. The number of benzene rings is 1. The van der Waals surface area contributed by atoms with E-state index >= 15 is 0 Å². The quantitative estimate of drug-likeness (QED) is 0.480. The number of hydrogen-bond donors (Lipinski definition) is 2. The highest BCUT2D eigenvalue weighted by Crippen LogP contribution is 2.22. The van der Waals surface area contributed by atoms with Gasteiger partial charge in [0.15, 0.2) is 5.96 Å². The Balaban J connectivity index is 1.38. The molecule has 2 aliphatic rings. The molecule has 1 aromatic rings. The molecule has 1 fully saturated rings. The van der Waals surface area contributed by atoms with Gasteiger partial charge in [-0.2, -0.15) is 0 Å². The second-order valence-corrected chi connectivity index (χ2v) is 7.46. The summed E-state index contributed by atoms with van der Waals surface area (Å²) in [5, 5.41) is 7.89. The van der Waals surface area contributed by atoms with Gasteiger partial charge in [-0.25, -0.2) is 0 Å². The second kappa shape index (κ2) is 9.25. The van der Waals surface area contributed by atoms with E-state index in [0.29, 0.717) is 12.0 Å². The standard InChI is InChI=1S/C20H29ClN4/c1-22-20(24-18-7-3-4-8-18)23-14-16-10-12-25(13-11-16)15-17-6-2-5-9-19(17)21/h2-6,9,16,18H,7-8,10-15H2,1H3,(H2,22,23,24). The number of piperidine rings is 1. The van der Waals surface area contributed by atoms with Crippen LogP contribution < -0.4 is 10.6 Å². The fraction of sp³-hybridized carbons (Fsp3) is 0.550. The van der Waals surface area contributed by atoms with Gasteiger partial charge < -0.3 is 10.6 Å². The van der Waals surface area contributed by atoms with Gasteiger partial charge in [0, 0.05) is 31.2 Å². The predicted octanol–water partition coefficient (Wildman–Crippen LogP) is 3.44. The summed E-state index contributed by atoms with van der Waals surface area (Å²) in [6.45, 7) is 4.23. The Morgan fingerprint density at radius 2 is 1.92 bits per heavy atom. The molecular weight excluding hydrogens is 332 g/mol. The largest absolute Gasteiger partial charge is 0.356 e. The lowest BCUT2D eigenvalue weighted by Crippen LogP contribution is -2.45. The lowest BCUT2D eigenvalue weighted by Gasteiger charge is -2.32. The molecule has 1 aliphatic carbocycles. The monoisotopic (exact) mass is 360 g/mol. The van der Waals surface area contributed by atoms with Crippen LogP contribution in [-0.2, 0) is 6.54 Å². The molecule has 1 aromatic carbocycles. The first-order valence-corrected chi connectivity index (χ1v) is 9.70. The lowest BCUT2D eigenvalue weighted by molar-refractivity contribution is 0.178. The van der Waals surface area contributed by atoms with E-state index < -0.39 is 0 Å². The topological polar surface area (TPSA) is 39.7 Å². The van der Waals surface area contributed by atoms with Crippen molar-refractivity contribution in [2.75, 3.05) is 26.7 Å². The SMILES string of the molecule is CN=C(NCC1CCN(Cc2ccccc2Cl)CC1)NC1CC=CC1. The number of nitrogens with one attached hydrogen (secondary N) is 2. The molecule has 136 valence electrons. The first kappa shape index (κ1) is 18.3. The normalized spacial score (nSPS) is 20.2. The maximum absolute atomic E-state index is 6.28. The minimum atomic E-state index is 0.503. The van der Waals surface area contributed by atoms with Crippen LogP contribution in [-0.4, -0.2) is 43.6 Å². The van der Waals surface area contributed by atoms with Gasteiger partial charge in [0.25, 0.3) is 0 Å². The van der Waals surface area contributed by atoms with Crippen LogP contribution in [0.3, 0.4) is 0 Å². The van der Waals surface area contributed by atoms with Crippen molar-refractivity contribution in [3.8, 4) is 0 Å². The van der Waals surface area contributed by atoms with Crippen LogP contribution in [0.25, 0.3) is 0 Å². The number of likely N-dealkylation sites (tertiary alicyclic amines) is 1. The van der Waals surface area contributed by atoms with Crippen LogP contribution in [0.5, 0.6) is 0 Å². The highest BCUT2D eigenvalue weighted by Gasteiger charge is 2.20. The van der Waals surface area contributed by atoms with Gasteiger partial charge in [-0.1, -0.05) is 42.0 Å². The van der Waals surface area contributed by atoms with Crippen molar-refractivity contribution in [2.24, 2.45) is 10.9 Å². The molecule has 1 saturated heterocycles. The molecule has 4 nitrogen and oxygen atoms in total. The number of rotatable bonds is 5. The van der Waals surface area contributed by atoms with Crippen molar-refractivity contribution in [3.63, 3.8) is 0 Å². The first-order valence-electron chi connectivity index (χ1n) is 9.32. The Bertz CT molecular complexity index is 597. The first-order chi connectivity index (χ1) is 12.2. The second-order valence-electron chi connectivity index (χ2n) is 7.05. The highest BCUT2D eigenvalue weighted by atomic mass is 35.5. The fourth-order valence-electron chi connectivity index (χ4n) is 3.58. The smallest absolute Gasteiger partial charge is 0.191 e. The molecular formula is C20H29ClN4. The molecule has 1 aliphatic heterocycles. The summed E-state index contributed by atoms with van der Waals surface area (Å²) in [6.07, 6.45) is 9.11. The summed E-state index contributed by atoms with van der Waals surface area (Å²) in [5.41, 5.74) is 1.23. The van der Waals surface area contributed by atoms with E-state index in [1.807, 2.05) is 19.2 Å². The van der Waals surface area contributed by atoms with Gasteiger partial charge in [0.05, 0.1) is 0 Å². The van der Waals surface area contributed by atoms with Crippen LogP contribution in [0.4, 0.5) is 0 Å². The number of nitrogens with zero attached hydrogens (tertiary/aromatic N) is 2. The van der Waals surface area contributed by atoms with Crippen molar-refractivity contribution in [1.82, 2.24) is 15.5 Å². The molecule has 25 heavy (non-hydrogen) atoms. The minimum absolute atomic E-state index is 0.503. The molecule has 0 amide bonds. The molecule has 0 aromatic heterocycles. The number of hydrogen-bond acceptors (Lipinski definition) is 2. The zero-order chi connectivity index (χ0) is 17.5.